The Morgan fingerprint density at radius 2 is 1.95 bits per heavy atom. The first-order chi connectivity index (χ1) is 8.22. The average Bonchev–Trinajstić information content (AvgIpc) is 2.36. The Labute approximate surface area is 134 Å². The second kappa shape index (κ2) is 8.93. The van der Waals surface area contributed by atoms with Crippen molar-refractivity contribution < 1.29 is 4.39 Å². The van der Waals surface area contributed by atoms with Crippen molar-refractivity contribution in [3.8, 4) is 0 Å². The van der Waals surface area contributed by atoms with E-state index in [9.17, 15) is 4.39 Å². The van der Waals surface area contributed by atoms with Gasteiger partial charge in [0.2, 0.25) is 0 Å². The van der Waals surface area contributed by atoms with Crippen LogP contribution in [0.4, 0.5) is 4.39 Å². The highest BCUT2D eigenvalue weighted by Crippen LogP contribution is 2.25. The van der Waals surface area contributed by atoms with Crippen molar-refractivity contribution in [2.75, 3.05) is 26.2 Å². The summed E-state index contributed by atoms with van der Waals surface area (Å²) in [5, 5.41) is 3.31. The van der Waals surface area contributed by atoms with Gasteiger partial charge in [0.1, 0.15) is 5.82 Å². The molecule has 0 bridgehead atoms. The molecular formula is C13H18BrCl2FN2. The number of benzene rings is 1. The lowest BCUT2D eigenvalue weighted by atomic mass is 10.0. The summed E-state index contributed by atoms with van der Waals surface area (Å²) in [6.45, 7) is 7.75. The number of hydrogen-bond donors (Lipinski definition) is 1. The van der Waals surface area contributed by atoms with Gasteiger partial charge in [-0.2, -0.15) is 0 Å². The standard InChI is InChI=1S/C13H16BrFN2.2ClH/c1-2-13(17-7-5-16-6-8-17)10-3-4-11(14)12(15)9-10;;/h2-4,9,13,16H,1,5-8H2;2*1H/t13-;;/m1../s1. The maximum absolute atomic E-state index is 13.5. The third kappa shape index (κ3) is 4.72. The summed E-state index contributed by atoms with van der Waals surface area (Å²) in [7, 11) is 0. The monoisotopic (exact) mass is 370 g/mol. The molecule has 1 aliphatic rings. The summed E-state index contributed by atoms with van der Waals surface area (Å²) in [6, 6.07) is 5.38. The number of rotatable bonds is 3. The number of nitrogens with one attached hydrogen (secondary N) is 1. The van der Waals surface area contributed by atoms with E-state index in [4.69, 9.17) is 0 Å². The van der Waals surface area contributed by atoms with Crippen LogP contribution in [0.1, 0.15) is 11.6 Å². The largest absolute Gasteiger partial charge is 0.314 e. The Balaban J connectivity index is 0.00000162. The molecule has 2 rings (SSSR count). The van der Waals surface area contributed by atoms with Crippen LogP contribution >= 0.6 is 40.7 Å². The fourth-order valence-electron chi connectivity index (χ4n) is 2.15. The molecule has 1 aromatic rings. The summed E-state index contributed by atoms with van der Waals surface area (Å²) in [6.07, 6.45) is 1.88. The highest BCUT2D eigenvalue weighted by atomic mass is 79.9. The summed E-state index contributed by atoms with van der Waals surface area (Å²) >= 11 is 3.17. The first-order valence-corrected chi connectivity index (χ1v) is 6.54. The number of hydrogen-bond acceptors (Lipinski definition) is 2. The van der Waals surface area contributed by atoms with Gasteiger partial charge in [-0.05, 0) is 33.6 Å². The molecule has 2 nitrogen and oxygen atoms in total. The van der Waals surface area contributed by atoms with Crippen molar-refractivity contribution in [1.82, 2.24) is 10.2 Å². The van der Waals surface area contributed by atoms with Gasteiger partial charge in [0.05, 0.1) is 10.5 Å². The van der Waals surface area contributed by atoms with Crippen LogP contribution in [0.25, 0.3) is 0 Å². The summed E-state index contributed by atoms with van der Waals surface area (Å²) < 4.78 is 14.0. The zero-order valence-corrected chi connectivity index (χ0v) is 13.7. The Hall–Kier alpha value is -0.130. The first kappa shape index (κ1) is 18.9. The number of halogens is 4. The Kier molecular flexibility index (Phi) is 8.86. The van der Waals surface area contributed by atoms with Gasteiger partial charge in [0, 0.05) is 26.2 Å². The van der Waals surface area contributed by atoms with Crippen molar-refractivity contribution in [1.29, 1.82) is 0 Å². The molecular weight excluding hydrogens is 354 g/mol. The Morgan fingerprint density at radius 1 is 1.32 bits per heavy atom. The molecule has 0 aliphatic carbocycles. The molecule has 1 aromatic carbocycles. The van der Waals surface area contributed by atoms with Gasteiger partial charge in [-0.3, -0.25) is 4.90 Å². The van der Waals surface area contributed by atoms with Gasteiger partial charge >= 0.3 is 0 Å². The molecule has 108 valence electrons. The van der Waals surface area contributed by atoms with E-state index in [1.165, 1.54) is 0 Å². The van der Waals surface area contributed by atoms with Crippen LogP contribution in [0.3, 0.4) is 0 Å². The summed E-state index contributed by atoms with van der Waals surface area (Å²) in [4.78, 5) is 2.31. The maximum Gasteiger partial charge on any atom is 0.137 e. The summed E-state index contributed by atoms with van der Waals surface area (Å²) in [5.41, 5.74) is 0.961. The topological polar surface area (TPSA) is 15.3 Å². The van der Waals surface area contributed by atoms with Crippen LogP contribution in [0.5, 0.6) is 0 Å². The predicted molar refractivity (Wildman–Crippen MR) is 86.0 cm³/mol. The van der Waals surface area contributed by atoms with Gasteiger partial charge in [-0.15, -0.1) is 31.4 Å². The molecule has 0 saturated carbocycles. The molecule has 1 aliphatic heterocycles. The van der Waals surface area contributed by atoms with Crippen LogP contribution in [0.2, 0.25) is 0 Å². The van der Waals surface area contributed by atoms with Gasteiger partial charge in [0.15, 0.2) is 0 Å². The highest BCUT2D eigenvalue weighted by molar-refractivity contribution is 9.10. The predicted octanol–water partition coefficient (Wildman–Crippen LogP) is 3.56. The van der Waals surface area contributed by atoms with Crippen LogP contribution in [0.15, 0.2) is 35.3 Å². The molecule has 1 N–H and O–H groups in total. The number of nitrogens with zero attached hydrogens (tertiary/aromatic N) is 1. The van der Waals surface area contributed by atoms with Crippen molar-refractivity contribution in [3.05, 3.63) is 46.7 Å². The molecule has 19 heavy (non-hydrogen) atoms. The Morgan fingerprint density at radius 3 is 2.47 bits per heavy atom. The van der Waals surface area contributed by atoms with Crippen molar-refractivity contribution >= 4 is 40.7 Å². The van der Waals surface area contributed by atoms with Crippen LogP contribution in [-0.2, 0) is 0 Å². The maximum atomic E-state index is 13.5. The minimum absolute atomic E-state index is 0. The van der Waals surface area contributed by atoms with E-state index in [1.54, 1.807) is 12.1 Å². The van der Waals surface area contributed by atoms with E-state index < -0.39 is 0 Å². The zero-order chi connectivity index (χ0) is 12.3. The zero-order valence-electron chi connectivity index (χ0n) is 10.4. The van der Waals surface area contributed by atoms with Crippen molar-refractivity contribution in [2.24, 2.45) is 0 Å². The third-order valence-electron chi connectivity index (χ3n) is 3.05. The average molecular weight is 372 g/mol. The van der Waals surface area contributed by atoms with Crippen LogP contribution < -0.4 is 5.32 Å². The van der Waals surface area contributed by atoms with Gasteiger partial charge in [0.25, 0.3) is 0 Å². The van der Waals surface area contributed by atoms with E-state index >= 15 is 0 Å². The van der Waals surface area contributed by atoms with E-state index in [-0.39, 0.29) is 36.7 Å². The smallest absolute Gasteiger partial charge is 0.137 e. The lowest BCUT2D eigenvalue weighted by molar-refractivity contribution is 0.203. The molecule has 1 fully saturated rings. The molecule has 1 saturated heterocycles. The second-order valence-corrected chi connectivity index (χ2v) is 4.99. The first-order valence-electron chi connectivity index (χ1n) is 5.74. The minimum Gasteiger partial charge on any atom is -0.314 e. The van der Waals surface area contributed by atoms with Gasteiger partial charge in [-0.25, -0.2) is 4.39 Å². The third-order valence-corrected chi connectivity index (χ3v) is 3.70. The highest BCUT2D eigenvalue weighted by Gasteiger charge is 2.19. The molecule has 0 amide bonds. The van der Waals surface area contributed by atoms with Gasteiger partial charge < -0.3 is 5.32 Å². The lowest BCUT2D eigenvalue weighted by Gasteiger charge is -2.33. The minimum atomic E-state index is -0.218. The van der Waals surface area contributed by atoms with Crippen molar-refractivity contribution in [3.63, 3.8) is 0 Å². The van der Waals surface area contributed by atoms with E-state index in [1.807, 2.05) is 12.1 Å². The van der Waals surface area contributed by atoms with E-state index in [0.29, 0.717) is 4.47 Å². The molecule has 0 aromatic heterocycles. The fraction of sp³-hybridized carbons (Fsp3) is 0.385. The molecule has 0 spiro atoms. The second-order valence-electron chi connectivity index (χ2n) is 4.14. The molecule has 1 heterocycles. The molecule has 0 unspecified atom stereocenters. The molecule has 6 heteroatoms. The van der Waals surface area contributed by atoms with Crippen LogP contribution in [0, 0.1) is 5.82 Å². The van der Waals surface area contributed by atoms with Gasteiger partial charge in [-0.1, -0.05) is 12.1 Å². The SMILES string of the molecule is C=C[C@H](c1ccc(Br)c(F)c1)N1CCNCC1.Cl.Cl. The molecule has 1 atom stereocenters. The number of piperazine rings is 1. The van der Waals surface area contributed by atoms with Crippen LogP contribution in [-0.4, -0.2) is 31.1 Å². The quantitative estimate of drug-likeness (QED) is 0.817. The Bertz CT molecular complexity index is 412. The van der Waals surface area contributed by atoms with Crippen molar-refractivity contribution in [2.45, 2.75) is 6.04 Å². The summed E-state index contributed by atoms with van der Waals surface area (Å²) in [5.74, 6) is -0.218. The normalized spacial score (nSPS) is 16.9. The fourth-order valence-corrected chi connectivity index (χ4v) is 2.40. The van der Waals surface area contributed by atoms with E-state index in [0.717, 1.165) is 31.7 Å². The lowest BCUT2D eigenvalue weighted by Crippen LogP contribution is -2.44. The van der Waals surface area contributed by atoms with E-state index in [2.05, 4.69) is 32.7 Å². The molecule has 0 radical (unpaired) electrons.